The van der Waals surface area contributed by atoms with Crippen LogP contribution in [-0.2, 0) is 16.0 Å². The molecule has 28 heavy (non-hydrogen) atoms. The Kier molecular flexibility index (Phi) is 4.61. The molecule has 5 nitrogen and oxygen atoms in total. The molecule has 1 aliphatic carbocycles. The van der Waals surface area contributed by atoms with E-state index in [0.717, 1.165) is 0 Å². The Morgan fingerprint density at radius 1 is 0.964 bits per heavy atom. The largest absolute Gasteiger partial charge is 0.466 e. The minimum absolute atomic E-state index is 0.0482. The maximum Gasteiger partial charge on any atom is 0.313 e. The molecule has 0 fully saturated rings. The summed E-state index contributed by atoms with van der Waals surface area (Å²) in [6.07, 6.45) is -0.185. The van der Waals surface area contributed by atoms with Crippen LogP contribution in [0.25, 0.3) is 11.1 Å². The maximum atomic E-state index is 13.2. The molecule has 1 aromatic heterocycles. The Balaban J connectivity index is 1.94. The van der Waals surface area contributed by atoms with Crippen molar-refractivity contribution < 1.29 is 23.5 Å². The molecule has 0 saturated carbocycles. The molecule has 0 radical (unpaired) electrons. The highest BCUT2D eigenvalue weighted by Crippen LogP contribution is 2.39. The summed E-state index contributed by atoms with van der Waals surface area (Å²) in [5.74, 6) is -1.01. The van der Waals surface area contributed by atoms with Gasteiger partial charge in [-0.2, -0.15) is 0 Å². The van der Waals surface area contributed by atoms with Gasteiger partial charge < -0.3 is 9.15 Å². The number of carbonyl (C=O) groups excluding carboxylic acids is 3. The lowest BCUT2D eigenvalue weighted by Gasteiger charge is -2.14. The van der Waals surface area contributed by atoms with Crippen molar-refractivity contribution in [1.82, 2.24) is 0 Å². The SMILES string of the molecule is CCOC(=O)Cc1oc2c(c1-c1ccc(Cl)cc1)C(=O)c1ccccc1C2=O. The smallest absolute Gasteiger partial charge is 0.313 e. The van der Waals surface area contributed by atoms with Crippen LogP contribution < -0.4 is 0 Å². The molecule has 0 N–H and O–H groups in total. The van der Waals surface area contributed by atoms with E-state index >= 15 is 0 Å². The number of hydrogen-bond acceptors (Lipinski definition) is 5. The second-order valence-electron chi connectivity index (χ2n) is 6.30. The van der Waals surface area contributed by atoms with Crippen molar-refractivity contribution in [2.45, 2.75) is 13.3 Å². The monoisotopic (exact) mass is 394 g/mol. The fourth-order valence-electron chi connectivity index (χ4n) is 3.38. The van der Waals surface area contributed by atoms with Crippen LogP contribution in [0.3, 0.4) is 0 Å². The van der Waals surface area contributed by atoms with Crippen LogP contribution in [-0.4, -0.2) is 24.1 Å². The van der Waals surface area contributed by atoms with Crippen LogP contribution in [0, 0.1) is 0 Å². The second-order valence-corrected chi connectivity index (χ2v) is 6.73. The summed E-state index contributed by atoms with van der Waals surface area (Å²) in [6, 6.07) is 13.4. The molecule has 1 aliphatic rings. The first-order valence-electron chi connectivity index (χ1n) is 8.77. The predicted molar refractivity (Wildman–Crippen MR) is 103 cm³/mol. The average molecular weight is 395 g/mol. The van der Waals surface area contributed by atoms with E-state index in [4.69, 9.17) is 20.8 Å². The predicted octanol–water partition coefficient (Wildman–Crippen LogP) is 4.48. The summed E-state index contributed by atoms with van der Waals surface area (Å²) in [5.41, 5.74) is 1.84. The van der Waals surface area contributed by atoms with Gasteiger partial charge in [-0.05, 0) is 24.6 Å². The summed E-state index contributed by atoms with van der Waals surface area (Å²) in [6.45, 7) is 1.92. The van der Waals surface area contributed by atoms with Gasteiger partial charge in [-0.1, -0.05) is 48.0 Å². The molecule has 0 bridgehead atoms. The van der Waals surface area contributed by atoms with Gasteiger partial charge in [0.05, 0.1) is 12.2 Å². The number of rotatable bonds is 4. The van der Waals surface area contributed by atoms with Crippen molar-refractivity contribution in [3.63, 3.8) is 0 Å². The van der Waals surface area contributed by atoms with Crippen molar-refractivity contribution in [2.75, 3.05) is 6.61 Å². The zero-order chi connectivity index (χ0) is 19.8. The topological polar surface area (TPSA) is 73.6 Å². The molecule has 140 valence electrons. The molecule has 0 unspecified atom stereocenters. The van der Waals surface area contributed by atoms with Gasteiger partial charge in [0, 0.05) is 21.7 Å². The number of halogens is 1. The average Bonchev–Trinajstić information content (AvgIpc) is 3.06. The lowest BCUT2D eigenvalue weighted by molar-refractivity contribution is -0.142. The molecule has 0 saturated heterocycles. The first-order chi connectivity index (χ1) is 13.5. The normalized spacial score (nSPS) is 12.5. The lowest BCUT2D eigenvalue weighted by atomic mass is 9.85. The van der Waals surface area contributed by atoms with E-state index in [1.807, 2.05) is 0 Å². The first kappa shape index (κ1) is 18.2. The Bertz CT molecular complexity index is 1110. The van der Waals surface area contributed by atoms with Crippen molar-refractivity contribution in [2.24, 2.45) is 0 Å². The first-order valence-corrected chi connectivity index (χ1v) is 9.14. The van der Waals surface area contributed by atoms with E-state index in [9.17, 15) is 14.4 Å². The Hall–Kier alpha value is -3.18. The third-order valence-electron chi connectivity index (χ3n) is 4.57. The van der Waals surface area contributed by atoms with Crippen LogP contribution in [0.1, 0.15) is 44.7 Å². The van der Waals surface area contributed by atoms with Gasteiger partial charge in [-0.15, -0.1) is 0 Å². The highest BCUT2D eigenvalue weighted by molar-refractivity contribution is 6.31. The minimum atomic E-state index is -0.499. The van der Waals surface area contributed by atoms with Crippen LogP contribution >= 0.6 is 11.6 Å². The van der Waals surface area contributed by atoms with E-state index in [2.05, 4.69) is 0 Å². The van der Waals surface area contributed by atoms with Gasteiger partial charge in [-0.25, -0.2) is 0 Å². The summed E-state index contributed by atoms with van der Waals surface area (Å²) >= 11 is 5.98. The minimum Gasteiger partial charge on any atom is -0.466 e. The molecular formula is C22H15ClO5. The van der Waals surface area contributed by atoms with Crippen molar-refractivity contribution in [1.29, 1.82) is 0 Å². The second kappa shape index (κ2) is 7.09. The van der Waals surface area contributed by atoms with Gasteiger partial charge in [0.15, 0.2) is 11.5 Å². The van der Waals surface area contributed by atoms with Gasteiger partial charge >= 0.3 is 5.97 Å². The summed E-state index contributed by atoms with van der Waals surface area (Å²) < 4.78 is 10.8. The van der Waals surface area contributed by atoms with E-state index in [1.165, 1.54) is 0 Å². The summed E-state index contributed by atoms with van der Waals surface area (Å²) in [4.78, 5) is 38.2. The zero-order valence-electron chi connectivity index (χ0n) is 15.0. The van der Waals surface area contributed by atoms with E-state index in [0.29, 0.717) is 27.3 Å². The molecule has 0 amide bonds. The highest BCUT2D eigenvalue weighted by Gasteiger charge is 2.37. The number of fused-ring (bicyclic) bond motifs is 2. The molecule has 4 rings (SSSR count). The highest BCUT2D eigenvalue weighted by atomic mass is 35.5. The number of furan rings is 1. The molecule has 0 spiro atoms. The number of esters is 1. The molecule has 6 heteroatoms. The van der Waals surface area contributed by atoms with Crippen molar-refractivity contribution >= 4 is 29.1 Å². The van der Waals surface area contributed by atoms with Gasteiger partial charge in [0.1, 0.15) is 12.2 Å². The third kappa shape index (κ3) is 2.94. The van der Waals surface area contributed by atoms with E-state index < -0.39 is 5.97 Å². The molecule has 0 aliphatic heterocycles. The number of ether oxygens (including phenoxy) is 1. The Morgan fingerprint density at radius 2 is 1.61 bits per heavy atom. The van der Waals surface area contributed by atoms with Crippen LogP contribution in [0.15, 0.2) is 52.9 Å². The van der Waals surface area contributed by atoms with Gasteiger partial charge in [0.2, 0.25) is 5.78 Å². The summed E-state index contributed by atoms with van der Waals surface area (Å²) in [5, 5.41) is 0.529. The Morgan fingerprint density at radius 3 is 2.25 bits per heavy atom. The van der Waals surface area contributed by atoms with Crippen LogP contribution in [0.5, 0.6) is 0 Å². The number of ketones is 2. The molecule has 2 aromatic carbocycles. The number of hydrogen-bond donors (Lipinski definition) is 0. The quantitative estimate of drug-likeness (QED) is 0.477. The van der Waals surface area contributed by atoms with Crippen LogP contribution in [0.2, 0.25) is 5.02 Å². The fourth-order valence-corrected chi connectivity index (χ4v) is 3.51. The number of carbonyl (C=O) groups is 3. The van der Waals surface area contributed by atoms with Crippen molar-refractivity contribution in [3.8, 4) is 11.1 Å². The lowest BCUT2D eigenvalue weighted by Crippen LogP contribution is -2.19. The Labute approximate surface area is 165 Å². The molecular weight excluding hydrogens is 380 g/mol. The summed E-state index contributed by atoms with van der Waals surface area (Å²) in [7, 11) is 0. The zero-order valence-corrected chi connectivity index (χ0v) is 15.7. The third-order valence-corrected chi connectivity index (χ3v) is 4.83. The van der Waals surface area contributed by atoms with Gasteiger partial charge in [0.25, 0.3) is 0 Å². The maximum absolute atomic E-state index is 13.2. The fraction of sp³-hybridized carbons (Fsp3) is 0.136. The van der Waals surface area contributed by atoms with E-state index in [1.54, 1.807) is 55.5 Å². The van der Waals surface area contributed by atoms with Crippen molar-refractivity contribution in [3.05, 3.63) is 81.8 Å². The number of benzene rings is 2. The van der Waals surface area contributed by atoms with E-state index in [-0.39, 0.29) is 41.7 Å². The van der Waals surface area contributed by atoms with Gasteiger partial charge in [-0.3, -0.25) is 14.4 Å². The molecule has 3 aromatic rings. The molecule has 1 heterocycles. The van der Waals surface area contributed by atoms with Crippen LogP contribution in [0.4, 0.5) is 0 Å². The standard InChI is InChI=1S/C22H15ClO5/c1-2-27-17(24)11-16-18(12-7-9-13(23)10-8-12)19-20(25)14-5-3-4-6-15(14)21(26)22(19)28-16/h3-10H,2,11H2,1H3. The molecule has 0 atom stereocenters.